The summed E-state index contributed by atoms with van der Waals surface area (Å²) in [6, 6.07) is -15.6. The zero-order valence-corrected chi connectivity index (χ0v) is 20.0. The van der Waals surface area contributed by atoms with Crippen LogP contribution in [0.5, 0.6) is 0 Å². The molecule has 37 heavy (non-hydrogen) atoms. The Labute approximate surface area is 250 Å². The number of aromatic nitrogens is 3. The van der Waals surface area contributed by atoms with E-state index in [4.69, 9.17) is 28.8 Å². The number of hydrogen-bond donors (Lipinski definition) is 0. The van der Waals surface area contributed by atoms with Crippen molar-refractivity contribution in [3.8, 4) is 45.3 Å². The molecule has 0 aliphatic rings. The molecule has 0 saturated heterocycles. The Kier molecular flexibility index (Phi) is 2.30. The summed E-state index contributed by atoms with van der Waals surface area (Å²) in [5, 5.41) is -0.194. The van der Waals surface area contributed by atoms with Crippen molar-refractivity contribution in [2.75, 3.05) is 0 Å². The van der Waals surface area contributed by atoms with Crippen molar-refractivity contribution >= 4 is 33.8 Å². The van der Waals surface area contributed by atoms with Crippen molar-refractivity contribution < 1.29 is 28.8 Å². The van der Waals surface area contributed by atoms with E-state index in [1.807, 2.05) is 0 Å². The van der Waals surface area contributed by atoms with Gasteiger partial charge in [0.05, 0.1) is 4.11 Å². The van der Waals surface area contributed by atoms with E-state index in [0.717, 1.165) is 0 Å². The Bertz CT molecular complexity index is 2950. The summed E-state index contributed by atoms with van der Waals surface area (Å²) in [6.07, 6.45) is 0. The van der Waals surface area contributed by atoms with Crippen molar-refractivity contribution in [1.29, 1.82) is 0 Å². The number of rotatable bonds is 4. The monoisotopic (exact) mass is 560 g/mol. The first-order valence-corrected chi connectivity index (χ1v) is 12.2. The van der Waals surface area contributed by atoms with Gasteiger partial charge in [-0.3, -0.25) is 0 Å². The van der Waals surface area contributed by atoms with Crippen LogP contribution in [0.25, 0.3) is 64.6 Å². The topological polar surface area (TPSA) is 38.7 Å². The van der Waals surface area contributed by atoms with E-state index >= 15 is 0 Å². The Morgan fingerprint density at radius 1 is 0.432 bits per heavy atom. The maximum atomic E-state index is 9.02. The van der Waals surface area contributed by atoms with Gasteiger partial charge in [-0.2, -0.15) is 0 Å². The predicted molar refractivity (Wildman–Crippen MR) is 154 cm³/mol. The third kappa shape index (κ3) is 4.07. The van der Waals surface area contributed by atoms with E-state index in [9.17, 15) is 0 Å². The molecule has 7 rings (SSSR count). The van der Waals surface area contributed by atoms with Crippen LogP contribution in [-0.2, 0) is 0 Å². The fourth-order valence-corrected chi connectivity index (χ4v) is 5.71. The van der Waals surface area contributed by atoms with Crippen molar-refractivity contribution in [1.82, 2.24) is 15.0 Å². The minimum absolute atomic E-state index is 0.0563. The third-order valence-electron chi connectivity index (χ3n) is 5.12. The standard InChI is InChI=1S/C33H21N3Se/c1-3-10-22(11-4-1)23-18-20-25(21-19-23)32-34-31(24-12-5-2-6-13-24)35-33(36-32)28-16-9-15-27-26-14-7-8-17-29(26)37-30(27)28/h1-21H/i1D,2D,3D,4D,5D,6D,7D,8D,9D,10D,11D,12D,13D,14D,15D,16D,17D,18D,19D,20D,21D. The van der Waals surface area contributed by atoms with Crippen LogP contribution in [0.4, 0.5) is 0 Å². The summed E-state index contributed by atoms with van der Waals surface area (Å²) in [5.41, 5.74) is -2.89. The van der Waals surface area contributed by atoms with Crippen molar-refractivity contribution in [2.24, 2.45) is 0 Å². The SMILES string of the molecule is [2H]c1c([2H])c([2H])c(-c2nc(-c3c([2H])c([2H])c(-c4c([2H])c([2H])c([2H])c([2H])c4[2H])c([2H])c3[2H])nc(-c3c([2H])c([2H])c([2H])c4c3[se]c3c([2H])c([2H])c([2H])c([2H])c34)n2)c([2H])c1[2H]. The first kappa shape index (κ1) is 9.18. The molecule has 4 heteroatoms. The Hall–Kier alpha value is -4.37. The summed E-state index contributed by atoms with van der Waals surface area (Å²) < 4.78 is 179. The molecule has 0 spiro atoms. The number of hydrogen-bond acceptors (Lipinski definition) is 3. The van der Waals surface area contributed by atoms with E-state index in [2.05, 4.69) is 15.0 Å². The van der Waals surface area contributed by atoms with Gasteiger partial charge >= 0.3 is 240 Å². The quantitative estimate of drug-likeness (QED) is 0.206. The molecule has 0 aliphatic carbocycles. The first-order chi connectivity index (χ1) is 27.1. The molecule has 0 unspecified atom stereocenters. The van der Waals surface area contributed by atoms with Crippen LogP contribution in [0, 0.1) is 0 Å². The predicted octanol–water partition coefficient (Wildman–Crippen LogP) is 7.90. The van der Waals surface area contributed by atoms with Crippen LogP contribution < -0.4 is 0 Å². The van der Waals surface area contributed by atoms with Gasteiger partial charge < -0.3 is 0 Å². The summed E-state index contributed by atoms with van der Waals surface area (Å²) in [7, 11) is 0. The van der Waals surface area contributed by atoms with Crippen LogP contribution in [-0.4, -0.2) is 29.5 Å². The van der Waals surface area contributed by atoms with E-state index in [0.29, 0.717) is 0 Å². The molecule has 2 heterocycles. The molecule has 0 atom stereocenters. The molecule has 0 N–H and O–H groups in total. The molecule has 0 radical (unpaired) electrons. The van der Waals surface area contributed by atoms with Gasteiger partial charge in [-0.05, 0) is 0 Å². The fourth-order valence-electron chi connectivity index (χ4n) is 3.48. The second kappa shape index (κ2) is 9.25. The molecule has 0 fully saturated rings. The van der Waals surface area contributed by atoms with Gasteiger partial charge in [-0.15, -0.1) is 0 Å². The van der Waals surface area contributed by atoms with Crippen molar-refractivity contribution in [3.63, 3.8) is 0 Å². The molecular weight excluding hydrogens is 517 g/mol. The Morgan fingerprint density at radius 2 is 0.946 bits per heavy atom. The van der Waals surface area contributed by atoms with Gasteiger partial charge in [-0.1, -0.05) is 6.04 Å². The van der Waals surface area contributed by atoms with Crippen LogP contribution >= 0.6 is 0 Å². The van der Waals surface area contributed by atoms with Crippen molar-refractivity contribution in [3.05, 3.63) is 127 Å². The first-order valence-electron chi connectivity index (χ1n) is 21.0. The third-order valence-corrected chi connectivity index (χ3v) is 7.47. The van der Waals surface area contributed by atoms with Crippen LogP contribution in [0.3, 0.4) is 0 Å². The van der Waals surface area contributed by atoms with Gasteiger partial charge in [0.1, 0.15) is 0 Å². The molecule has 0 amide bonds. The molecular formula is C33H21N3Se. The Morgan fingerprint density at radius 3 is 1.68 bits per heavy atom. The van der Waals surface area contributed by atoms with Crippen LogP contribution in [0.2, 0.25) is 0 Å². The summed E-state index contributed by atoms with van der Waals surface area (Å²) in [5.74, 6) is -1.96. The van der Waals surface area contributed by atoms with E-state index < -0.39 is 181 Å². The van der Waals surface area contributed by atoms with E-state index in [1.165, 1.54) is 0 Å². The zero-order valence-electron chi connectivity index (χ0n) is 39.2. The second-order valence-electron chi connectivity index (χ2n) is 7.32. The van der Waals surface area contributed by atoms with Gasteiger partial charge in [0.15, 0.2) is 0 Å². The average Bonchev–Trinajstić information content (AvgIpc) is 3.59. The maximum absolute atomic E-state index is 9.02. The molecule has 3 nitrogen and oxygen atoms in total. The number of benzene rings is 5. The molecule has 5 aromatic carbocycles. The minimum atomic E-state index is -1.10. The molecule has 2 aromatic heterocycles. The van der Waals surface area contributed by atoms with Gasteiger partial charge in [-0.25, -0.2) is 0 Å². The molecule has 0 aliphatic heterocycles. The van der Waals surface area contributed by atoms with Gasteiger partial charge in [0.2, 0.25) is 0 Å². The zero-order chi connectivity index (χ0) is 42.9. The number of fused-ring (bicyclic) bond motifs is 3. The second-order valence-corrected chi connectivity index (χ2v) is 9.46. The molecule has 174 valence electrons. The Balaban J connectivity index is 1.65. The number of nitrogens with zero attached hydrogens (tertiary/aromatic N) is 3. The molecule has 7 aromatic rings. The normalized spacial score (nSPS) is 19.2. The van der Waals surface area contributed by atoms with Gasteiger partial charge in [0.25, 0.3) is 0 Å². The summed E-state index contributed by atoms with van der Waals surface area (Å²) in [6.45, 7) is 0. The van der Waals surface area contributed by atoms with Gasteiger partial charge in [0, 0.05) is 0 Å². The fraction of sp³-hybridized carbons (Fsp3) is 0. The van der Waals surface area contributed by atoms with Crippen LogP contribution in [0.1, 0.15) is 28.8 Å². The van der Waals surface area contributed by atoms with Crippen molar-refractivity contribution in [2.45, 2.75) is 0 Å². The van der Waals surface area contributed by atoms with Crippen LogP contribution in [0.15, 0.2) is 127 Å². The molecule has 0 bridgehead atoms. The summed E-state index contributed by atoms with van der Waals surface area (Å²) in [4.78, 5) is 13.0. The average molecular weight is 560 g/mol. The molecule has 0 saturated carbocycles. The van der Waals surface area contributed by atoms with E-state index in [-0.39, 0.29) is 24.9 Å². The summed E-state index contributed by atoms with van der Waals surface area (Å²) >= 11 is -1.10. The van der Waals surface area contributed by atoms with E-state index in [1.54, 1.807) is 0 Å².